The van der Waals surface area contributed by atoms with E-state index in [-0.39, 0.29) is 0 Å². The Kier molecular flexibility index (Phi) is 7.36. The van der Waals surface area contributed by atoms with Gasteiger partial charge in [-0.1, -0.05) is 26.2 Å². The van der Waals surface area contributed by atoms with Crippen molar-refractivity contribution in [2.45, 2.75) is 39.5 Å². The van der Waals surface area contributed by atoms with Crippen molar-refractivity contribution in [2.75, 3.05) is 39.1 Å². The van der Waals surface area contributed by atoms with Crippen molar-refractivity contribution in [1.29, 1.82) is 0 Å². The molecule has 5 heteroatoms. The fourth-order valence-corrected chi connectivity index (χ4v) is 4.46. The van der Waals surface area contributed by atoms with Crippen LogP contribution in [0.1, 0.15) is 39.5 Å². The fraction of sp³-hybridized carbons (Fsp3) is 1.00. The van der Waals surface area contributed by atoms with Crippen molar-refractivity contribution in [3.63, 3.8) is 0 Å². The molecule has 17 heavy (non-hydrogen) atoms. The maximum absolute atomic E-state index is 12.8. The van der Waals surface area contributed by atoms with Crippen LogP contribution < -0.4 is 0 Å². The minimum Gasteiger partial charge on any atom is -0.379 e. The van der Waals surface area contributed by atoms with Gasteiger partial charge < -0.3 is 9.26 Å². The highest BCUT2D eigenvalue weighted by atomic mass is 31.2. The second kappa shape index (κ2) is 8.25. The standard InChI is InChI=1S/C12H26NO3P/c1-3-5-6-7-12-17(14,16-4-2)13-8-10-15-11-9-13/h3-12H2,1-2H3. The van der Waals surface area contributed by atoms with Crippen LogP contribution in [0.5, 0.6) is 0 Å². The fourth-order valence-electron chi connectivity index (χ4n) is 2.09. The van der Waals surface area contributed by atoms with Crippen molar-refractivity contribution < 1.29 is 13.8 Å². The summed E-state index contributed by atoms with van der Waals surface area (Å²) in [6.07, 6.45) is 5.27. The largest absolute Gasteiger partial charge is 0.379 e. The van der Waals surface area contributed by atoms with Gasteiger partial charge in [-0.2, -0.15) is 0 Å². The first-order valence-electron chi connectivity index (χ1n) is 6.79. The van der Waals surface area contributed by atoms with Crippen LogP contribution in [-0.4, -0.2) is 43.7 Å². The van der Waals surface area contributed by atoms with E-state index in [1.54, 1.807) is 0 Å². The third-order valence-corrected chi connectivity index (χ3v) is 5.85. The Labute approximate surface area is 105 Å². The van der Waals surface area contributed by atoms with E-state index in [4.69, 9.17) is 9.26 Å². The van der Waals surface area contributed by atoms with E-state index in [9.17, 15) is 4.57 Å². The van der Waals surface area contributed by atoms with Gasteiger partial charge in [0.05, 0.1) is 19.8 Å². The summed E-state index contributed by atoms with van der Waals surface area (Å²) in [4.78, 5) is 0. The lowest BCUT2D eigenvalue weighted by Crippen LogP contribution is -2.35. The zero-order chi connectivity index (χ0) is 12.6. The van der Waals surface area contributed by atoms with Gasteiger partial charge in [0.1, 0.15) is 0 Å². The minimum absolute atomic E-state index is 0.530. The molecule has 0 spiro atoms. The predicted molar refractivity (Wildman–Crippen MR) is 70.6 cm³/mol. The first-order valence-corrected chi connectivity index (χ1v) is 8.56. The number of unbranched alkanes of at least 4 members (excludes halogenated alkanes) is 3. The maximum atomic E-state index is 12.8. The highest BCUT2D eigenvalue weighted by molar-refractivity contribution is 7.56. The molecule has 1 saturated heterocycles. The third-order valence-electron chi connectivity index (χ3n) is 3.04. The summed E-state index contributed by atoms with van der Waals surface area (Å²) < 4.78 is 25.7. The van der Waals surface area contributed by atoms with Crippen LogP contribution in [0, 0.1) is 0 Å². The van der Waals surface area contributed by atoms with Crippen LogP contribution in [0.3, 0.4) is 0 Å². The molecule has 1 aliphatic rings. The molecule has 1 heterocycles. The summed E-state index contributed by atoms with van der Waals surface area (Å²) in [5.74, 6) is 0. The molecule has 0 amide bonds. The topological polar surface area (TPSA) is 38.8 Å². The van der Waals surface area contributed by atoms with Crippen LogP contribution in [0.25, 0.3) is 0 Å². The lowest BCUT2D eigenvalue weighted by molar-refractivity contribution is 0.0649. The van der Waals surface area contributed by atoms with Gasteiger partial charge in [0.2, 0.25) is 0 Å². The molecule has 102 valence electrons. The average molecular weight is 263 g/mol. The number of morpholine rings is 1. The zero-order valence-corrected chi connectivity index (χ0v) is 12.1. The first kappa shape index (κ1) is 15.2. The molecule has 0 N–H and O–H groups in total. The number of nitrogens with zero attached hydrogens (tertiary/aromatic N) is 1. The molecule has 1 rings (SSSR count). The zero-order valence-electron chi connectivity index (χ0n) is 11.2. The van der Waals surface area contributed by atoms with Gasteiger partial charge >= 0.3 is 0 Å². The van der Waals surface area contributed by atoms with Gasteiger partial charge in [-0.3, -0.25) is 4.57 Å². The number of rotatable bonds is 8. The first-order chi connectivity index (χ1) is 8.23. The van der Waals surface area contributed by atoms with Crippen LogP contribution in [0.15, 0.2) is 0 Å². The van der Waals surface area contributed by atoms with Gasteiger partial charge in [-0.15, -0.1) is 0 Å². The van der Waals surface area contributed by atoms with Crippen molar-refractivity contribution in [2.24, 2.45) is 0 Å². The second-order valence-corrected chi connectivity index (χ2v) is 6.95. The molecule has 0 aromatic rings. The van der Waals surface area contributed by atoms with Gasteiger partial charge in [-0.05, 0) is 13.3 Å². The summed E-state index contributed by atoms with van der Waals surface area (Å²) in [6.45, 7) is 7.46. The quantitative estimate of drug-likeness (QED) is 0.498. The molecule has 1 aliphatic heterocycles. The minimum atomic E-state index is -2.58. The monoisotopic (exact) mass is 263 g/mol. The SMILES string of the molecule is CCCCCCP(=O)(OCC)N1CCOCC1. The molecular weight excluding hydrogens is 237 g/mol. The highest BCUT2D eigenvalue weighted by Crippen LogP contribution is 2.51. The molecule has 0 saturated carbocycles. The van der Waals surface area contributed by atoms with Crippen molar-refractivity contribution in [3.05, 3.63) is 0 Å². The van der Waals surface area contributed by atoms with E-state index in [0.29, 0.717) is 26.0 Å². The van der Waals surface area contributed by atoms with E-state index in [1.165, 1.54) is 12.8 Å². The Morgan fingerprint density at radius 2 is 1.88 bits per heavy atom. The van der Waals surface area contributed by atoms with Gasteiger partial charge in [0, 0.05) is 19.3 Å². The van der Waals surface area contributed by atoms with E-state index in [0.717, 1.165) is 25.9 Å². The molecule has 1 atom stereocenters. The summed E-state index contributed by atoms with van der Waals surface area (Å²) in [6, 6.07) is 0. The smallest absolute Gasteiger partial charge is 0.272 e. The number of hydrogen-bond donors (Lipinski definition) is 0. The van der Waals surface area contributed by atoms with E-state index in [1.807, 2.05) is 11.6 Å². The molecule has 0 aliphatic carbocycles. The number of ether oxygens (including phenoxy) is 1. The molecule has 1 unspecified atom stereocenters. The molecule has 4 nitrogen and oxygen atoms in total. The lowest BCUT2D eigenvalue weighted by atomic mass is 10.2. The molecule has 1 fully saturated rings. The molecular formula is C12H26NO3P. The Bertz CT molecular complexity index is 242. The van der Waals surface area contributed by atoms with Crippen molar-refractivity contribution in [1.82, 2.24) is 4.67 Å². The van der Waals surface area contributed by atoms with Crippen LogP contribution >= 0.6 is 7.52 Å². The molecule has 0 bridgehead atoms. The third kappa shape index (κ3) is 5.09. The lowest BCUT2D eigenvalue weighted by Gasteiger charge is -2.33. The summed E-state index contributed by atoms with van der Waals surface area (Å²) in [7, 11) is -2.58. The Morgan fingerprint density at radius 1 is 1.18 bits per heavy atom. The Balaban J connectivity index is 2.45. The summed E-state index contributed by atoms with van der Waals surface area (Å²) in [5, 5.41) is 0. The summed E-state index contributed by atoms with van der Waals surface area (Å²) in [5.41, 5.74) is 0. The van der Waals surface area contributed by atoms with E-state index in [2.05, 4.69) is 6.92 Å². The molecule has 0 radical (unpaired) electrons. The number of hydrogen-bond acceptors (Lipinski definition) is 3. The van der Waals surface area contributed by atoms with E-state index >= 15 is 0 Å². The second-order valence-electron chi connectivity index (χ2n) is 4.41. The van der Waals surface area contributed by atoms with Crippen LogP contribution in [-0.2, 0) is 13.8 Å². The predicted octanol–water partition coefficient (Wildman–Crippen LogP) is 3.13. The van der Waals surface area contributed by atoms with Gasteiger partial charge in [-0.25, -0.2) is 4.67 Å². The molecule has 0 aromatic heterocycles. The van der Waals surface area contributed by atoms with Crippen LogP contribution in [0.4, 0.5) is 0 Å². The average Bonchev–Trinajstić information content (AvgIpc) is 2.36. The van der Waals surface area contributed by atoms with Gasteiger partial charge in [0.15, 0.2) is 0 Å². The Morgan fingerprint density at radius 3 is 2.47 bits per heavy atom. The Hall–Kier alpha value is 0.110. The normalized spacial score (nSPS) is 21.3. The van der Waals surface area contributed by atoms with Gasteiger partial charge in [0.25, 0.3) is 7.52 Å². The van der Waals surface area contributed by atoms with E-state index < -0.39 is 7.52 Å². The van der Waals surface area contributed by atoms with Crippen molar-refractivity contribution in [3.8, 4) is 0 Å². The van der Waals surface area contributed by atoms with Crippen LogP contribution in [0.2, 0.25) is 0 Å². The molecule has 0 aromatic carbocycles. The maximum Gasteiger partial charge on any atom is 0.272 e. The summed E-state index contributed by atoms with van der Waals surface area (Å²) >= 11 is 0. The van der Waals surface area contributed by atoms with Crippen molar-refractivity contribution >= 4 is 7.52 Å². The highest BCUT2D eigenvalue weighted by Gasteiger charge is 2.31.